The smallest absolute Gasteiger partial charge is 0.220 e. The highest BCUT2D eigenvalue weighted by atomic mass is 16.1. The van der Waals surface area contributed by atoms with Crippen LogP contribution in [0.15, 0.2) is 42.9 Å². The number of amides is 1. The van der Waals surface area contributed by atoms with Crippen molar-refractivity contribution in [3.8, 4) is 5.69 Å². The van der Waals surface area contributed by atoms with Gasteiger partial charge in [0.1, 0.15) is 0 Å². The summed E-state index contributed by atoms with van der Waals surface area (Å²) in [5.74, 6) is 0.0746. The third kappa shape index (κ3) is 4.26. The lowest BCUT2D eigenvalue weighted by Gasteiger charge is -2.36. The second-order valence-electron chi connectivity index (χ2n) is 8.98. The number of hydrogen-bond acceptors (Lipinski definition) is 3. The van der Waals surface area contributed by atoms with E-state index in [2.05, 4.69) is 60.6 Å². The molecule has 0 aliphatic heterocycles. The van der Waals surface area contributed by atoms with Crippen LogP contribution < -0.4 is 5.32 Å². The first-order valence-corrected chi connectivity index (χ1v) is 10.2. The first-order valence-electron chi connectivity index (χ1n) is 10.2. The standard InChI is InChI=1S/C23H29N5O/c1-16-5-8-18(9-6-16)28-21-12-23(2,3)11-20(19(21)14-25-28)26-22(29)10-7-17-13-24-27(4)15-17/h5-6,8-9,13-15,20H,7,10-12H2,1-4H3,(H,26,29)/t20-/m0/s1. The summed E-state index contributed by atoms with van der Waals surface area (Å²) in [6.45, 7) is 6.61. The number of fused-ring (bicyclic) bond motifs is 1. The Labute approximate surface area is 171 Å². The number of carbonyl (C=O) groups is 1. The minimum absolute atomic E-state index is 0.00523. The first-order chi connectivity index (χ1) is 13.8. The van der Waals surface area contributed by atoms with E-state index < -0.39 is 0 Å². The number of aromatic nitrogens is 4. The molecule has 0 saturated carbocycles. The zero-order valence-corrected chi connectivity index (χ0v) is 17.6. The summed E-state index contributed by atoms with van der Waals surface area (Å²) >= 11 is 0. The molecule has 3 aromatic rings. The second kappa shape index (κ2) is 7.50. The van der Waals surface area contributed by atoms with Crippen LogP contribution >= 0.6 is 0 Å². The van der Waals surface area contributed by atoms with E-state index >= 15 is 0 Å². The molecule has 152 valence electrons. The highest BCUT2D eigenvalue weighted by Gasteiger charge is 2.35. The predicted molar refractivity (Wildman–Crippen MR) is 113 cm³/mol. The van der Waals surface area contributed by atoms with E-state index in [0.29, 0.717) is 12.8 Å². The summed E-state index contributed by atoms with van der Waals surface area (Å²) in [6.07, 6.45) is 8.73. The quantitative estimate of drug-likeness (QED) is 0.722. The molecule has 1 atom stereocenters. The number of nitrogens with one attached hydrogen (secondary N) is 1. The highest BCUT2D eigenvalue weighted by Crippen LogP contribution is 2.41. The Morgan fingerprint density at radius 1 is 1.21 bits per heavy atom. The summed E-state index contributed by atoms with van der Waals surface area (Å²) in [6, 6.07) is 8.41. The molecule has 1 aliphatic rings. The number of aryl methyl sites for hydroxylation is 3. The Morgan fingerprint density at radius 3 is 2.66 bits per heavy atom. The fraction of sp³-hybridized carbons (Fsp3) is 0.435. The molecule has 1 aliphatic carbocycles. The number of benzene rings is 1. The van der Waals surface area contributed by atoms with Gasteiger partial charge in [0.05, 0.1) is 29.8 Å². The Balaban J connectivity index is 1.53. The van der Waals surface area contributed by atoms with Gasteiger partial charge in [0.15, 0.2) is 0 Å². The van der Waals surface area contributed by atoms with Gasteiger partial charge < -0.3 is 5.32 Å². The van der Waals surface area contributed by atoms with E-state index in [1.165, 1.54) is 11.3 Å². The van der Waals surface area contributed by atoms with Crippen LogP contribution in [0.1, 0.15) is 55.1 Å². The molecule has 4 rings (SSSR count). The number of rotatable bonds is 5. The van der Waals surface area contributed by atoms with E-state index in [-0.39, 0.29) is 17.4 Å². The fourth-order valence-electron chi connectivity index (χ4n) is 4.21. The van der Waals surface area contributed by atoms with Crippen LogP contribution in [0, 0.1) is 12.3 Å². The van der Waals surface area contributed by atoms with Crippen molar-refractivity contribution >= 4 is 5.91 Å². The average molecular weight is 392 g/mol. The van der Waals surface area contributed by atoms with Crippen LogP contribution in [0.2, 0.25) is 0 Å². The van der Waals surface area contributed by atoms with Crippen molar-refractivity contribution in [2.24, 2.45) is 12.5 Å². The van der Waals surface area contributed by atoms with Crippen molar-refractivity contribution in [3.63, 3.8) is 0 Å². The zero-order chi connectivity index (χ0) is 20.6. The number of hydrogen-bond donors (Lipinski definition) is 1. The summed E-state index contributed by atoms with van der Waals surface area (Å²) in [4.78, 5) is 12.7. The van der Waals surface area contributed by atoms with Crippen LogP contribution in [0.4, 0.5) is 0 Å². The minimum atomic E-state index is -0.00523. The molecule has 0 saturated heterocycles. The monoisotopic (exact) mass is 391 g/mol. The van der Waals surface area contributed by atoms with Crippen molar-refractivity contribution in [1.29, 1.82) is 0 Å². The molecule has 1 aromatic carbocycles. The Bertz CT molecular complexity index is 1010. The molecular formula is C23H29N5O. The molecule has 0 bridgehead atoms. The lowest BCUT2D eigenvalue weighted by Crippen LogP contribution is -2.36. The molecule has 2 heterocycles. The van der Waals surface area contributed by atoms with E-state index in [1.807, 2.05) is 30.3 Å². The minimum Gasteiger partial charge on any atom is -0.349 e. The van der Waals surface area contributed by atoms with E-state index in [0.717, 1.165) is 29.7 Å². The lowest BCUT2D eigenvalue weighted by molar-refractivity contribution is -0.122. The van der Waals surface area contributed by atoms with Gasteiger partial charge in [-0.3, -0.25) is 9.48 Å². The second-order valence-corrected chi connectivity index (χ2v) is 8.98. The van der Waals surface area contributed by atoms with Gasteiger partial charge >= 0.3 is 0 Å². The van der Waals surface area contributed by atoms with Gasteiger partial charge in [0, 0.05) is 25.2 Å². The number of carbonyl (C=O) groups excluding carboxylic acids is 1. The summed E-state index contributed by atoms with van der Waals surface area (Å²) < 4.78 is 3.80. The van der Waals surface area contributed by atoms with Crippen molar-refractivity contribution in [1.82, 2.24) is 24.9 Å². The molecule has 0 unspecified atom stereocenters. The highest BCUT2D eigenvalue weighted by molar-refractivity contribution is 5.76. The van der Waals surface area contributed by atoms with Crippen molar-refractivity contribution in [2.45, 2.75) is 52.5 Å². The van der Waals surface area contributed by atoms with E-state index in [9.17, 15) is 4.79 Å². The van der Waals surface area contributed by atoms with Gasteiger partial charge in [-0.2, -0.15) is 10.2 Å². The molecule has 6 heteroatoms. The first kappa shape index (κ1) is 19.4. The van der Waals surface area contributed by atoms with Crippen molar-refractivity contribution in [3.05, 3.63) is 65.2 Å². The third-order valence-electron chi connectivity index (χ3n) is 5.69. The lowest BCUT2D eigenvalue weighted by atomic mass is 9.74. The molecule has 6 nitrogen and oxygen atoms in total. The molecule has 0 fully saturated rings. The van der Waals surface area contributed by atoms with Crippen LogP contribution in [-0.2, 0) is 24.7 Å². The van der Waals surface area contributed by atoms with Gasteiger partial charge in [0.25, 0.3) is 0 Å². The van der Waals surface area contributed by atoms with Gasteiger partial charge in [0.2, 0.25) is 5.91 Å². The molecule has 2 aromatic heterocycles. The number of nitrogens with zero attached hydrogens (tertiary/aromatic N) is 4. The van der Waals surface area contributed by atoms with Crippen molar-refractivity contribution < 1.29 is 4.79 Å². The zero-order valence-electron chi connectivity index (χ0n) is 17.6. The Morgan fingerprint density at radius 2 is 1.97 bits per heavy atom. The van der Waals surface area contributed by atoms with Crippen LogP contribution in [0.5, 0.6) is 0 Å². The Hall–Kier alpha value is -2.89. The fourth-order valence-corrected chi connectivity index (χ4v) is 4.21. The SMILES string of the molecule is Cc1ccc(-n2ncc3c2CC(C)(C)C[C@@H]3NC(=O)CCc2cnn(C)c2)cc1. The molecule has 0 radical (unpaired) electrons. The Kier molecular flexibility index (Phi) is 5.03. The maximum atomic E-state index is 12.7. The average Bonchev–Trinajstić information content (AvgIpc) is 3.26. The normalized spacial score (nSPS) is 17.7. The van der Waals surface area contributed by atoms with Crippen LogP contribution in [0.25, 0.3) is 5.69 Å². The molecule has 29 heavy (non-hydrogen) atoms. The van der Waals surface area contributed by atoms with Gasteiger partial charge in [-0.15, -0.1) is 0 Å². The molecule has 1 amide bonds. The largest absolute Gasteiger partial charge is 0.349 e. The summed E-state index contributed by atoms with van der Waals surface area (Å²) in [5, 5.41) is 12.1. The maximum Gasteiger partial charge on any atom is 0.220 e. The molecular weight excluding hydrogens is 362 g/mol. The third-order valence-corrected chi connectivity index (χ3v) is 5.69. The summed E-state index contributed by atoms with van der Waals surface area (Å²) in [7, 11) is 1.89. The van der Waals surface area contributed by atoms with Crippen LogP contribution in [0.3, 0.4) is 0 Å². The van der Waals surface area contributed by atoms with E-state index in [4.69, 9.17) is 0 Å². The summed E-state index contributed by atoms with van der Waals surface area (Å²) in [5.41, 5.74) is 5.81. The van der Waals surface area contributed by atoms with Gasteiger partial charge in [-0.1, -0.05) is 31.5 Å². The van der Waals surface area contributed by atoms with Gasteiger partial charge in [-0.05, 0) is 49.3 Å². The van der Waals surface area contributed by atoms with Crippen LogP contribution in [-0.4, -0.2) is 25.5 Å². The predicted octanol–water partition coefficient (Wildman–Crippen LogP) is 3.68. The molecule has 1 N–H and O–H groups in total. The van der Waals surface area contributed by atoms with Gasteiger partial charge in [-0.25, -0.2) is 4.68 Å². The maximum absolute atomic E-state index is 12.7. The topological polar surface area (TPSA) is 64.7 Å². The van der Waals surface area contributed by atoms with Crippen molar-refractivity contribution in [2.75, 3.05) is 0 Å². The molecule has 0 spiro atoms. The van der Waals surface area contributed by atoms with E-state index in [1.54, 1.807) is 4.68 Å².